The second-order valence-electron chi connectivity index (χ2n) is 11.2. The first-order valence-electron chi connectivity index (χ1n) is 15.7. The summed E-state index contributed by atoms with van der Waals surface area (Å²) in [4.78, 5) is 23.4. The molecule has 0 aliphatic rings. The van der Waals surface area contributed by atoms with Crippen LogP contribution in [-0.2, 0) is 4.79 Å². The average Bonchev–Trinajstić information content (AvgIpc) is 2.91. The van der Waals surface area contributed by atoms with Crippen LogP contribution in [0.5, 0.6) is 0 Å². The Morgan fingerprint density at radius 1 is 0.649 bits per heavy atom. The van der Waals surface area contributed by atoms with E-state index < -0.39 is 18.4 Å². The zero-order valence-electron chi connectivity index (χ0n) is 24.6. The SMILES string of the molecule is CCC[CH2][Sn]([CH2]CCC)([CH2]CCC)[c]1ccc(C(=O)NCCCCCCCCCCCCC(N)=O)cc1. The van der Waals surface area contributed by atoms with E-state index in [2.05, 4.69) is 50.4 Å². The van der Waals surface area contributed by atoms with Crippen molar-refractivity contribution in [3.05, 3.63) is 29.8 Å². The molecule has 0 aliphatic carbocycles. The summed E-state index contributed by atoms with van der Waals surface area (Å²) in [5, 5.41) is 3.14. The van der Waals surface area contributed by atoms with Gasteiger partial charge in [-0.15, -0.1) is 0 Å². The van der Waals surface area contributed by atoms with Crippen LogP contribution in [0.15, 0.2) is 24.3 Å². The quantitative estimate of drug-likeness (QED) is 0.0902. The summed E-state index contributed by atoms with van der Waals surface area (Å²) in [6.45, 7) is 7.74. The molecule has 2 amide bonds. The third-order valence-electron chi connectivity index (χ3n) is 7.92. The second-order valence-corrected chi connectivity index (χ2v) is 24.4. The van der Waals surface area contributed by atoms with Crippen molar-refractivity contribution in [1.82, 2.24) is 5.32 Å². The molecule has 0 saturated heterocycles. The molecule has 0 fully saturated rings. The molecule has 1 aromatic rings. The number of carbonyl (C=O) groups excluding carboxylic acids is 2. The van der Waals surface area contributed by atoms with Crippen LogP contribution >= 0.6 is 0 Å². The van der Waals surface area contributed by atoms with Crippen molar-refractivity contribution in [2.45, 2.75) is 143 Å². The van der Waals surface area contributed by atoms with E-state index in [0.29, 0.717) is 6.42 Å². The van der Waals surface area contributed by atoms with Gasteiger partial charge in [0.25, 0.3) is 0 Å². The number of hydrogen-bond acceptors (Lipinski definition) is 2. The standard InChI is InChI=1S/C20H31N2O2.3C4H9.Sn/c21-19(23)16-12-7-5-3-1-2-4-6-8-13-17-22-20(24)18-14-10-9-11-15-18;3*1-3-4-2;/h10-11,14-15H,1-8,12-13,16-17H2,(H2,21,23)(H,22,24);3*1,3-4H2,2H3;. The summed E-state index contributed by atoms with van der Waals surface area (Å²) < 4.78 is 6.04. The van der Waals surface area contributed by atoms with Crippen molar-refractivity contribution < 1.29 is 9.59 Å². The van der Waals surface area contributed by atoms with Gasteiger partial charge in [0, 0.05) is 6.42 Å². The molecule has 3 N–H and O–H groups in total. The Morgan fingerprint density at radius 3 is 1.51 bits per heavy atom. The Morgan fingerprint density at radius 2 is 1.08 bits per heavy atom. The molecule has 0 saturated carbocycles. The molecule has 0 heterocycles. The van der Waals surface area contributed by atoms with E-state index in [0.717, 1.165) is 31.4 Å². The van der Waals surface area contributed by atoms with Crippen LogP contribution in [-0.4, -0.2) is 36.7 Å². The van der Waals surface area contributed by atoms with E-state index in [-0.39, 0.29) is 11.8 Å². The van der Waals surface area contributed by atoms with Gasteiger partial charge in [-0.2, -0.15) is 0 Å². The van der Waals surface area contributed by atoms with E-state index in [1.54, 1.807) is 3.58 Å². The summed E-state index contributed by atoms with van der Waals surface area (Å²) in [5.41, 5.74) is 5.99. The number of nitrogens with one attached hydrogen (secondary N) is 1. The third-order valence-corrected chi connectivity index (χ3v) is 23.6. The number of rotatable bonds is 24. The van der Waals surface area contributed by atoms with Crippen molar-refractivity contribution in [2.24, 2.45) is 5.73 Å². The van der Waals surface area contributed by atoms with E-state index in [1.165, 1.54) is 96.8 Å². The van der Waals surface area contributed by atoms with Crippen LogP contribution in [0.25, 0.3) is 0 Å². The molecular weight excluding hydrogens is 563 g/mol. The van der Waals surface area contributed by atoms with Crippen LogP contribution in [0, 0.1) is 0 Å². The Labute approximate surface area is 233 Å². The Balaban J connectivity index is 2.36. The fraction of sp³-hybridized carbons (Fsp3) is 0.750. The van der Waals surface area contributed by atoms with Gasteiger partial charge >= 0.3 is 179 Å². The summed E-state index contributed by atoms with van der Waals surface area (Å²) in [6, 6.07) is 8.88. The van der Waals surface area contributed by atoms with E-state index in [4.69, 9.17) is 5.73 Å². The fourth-order valence-corrected chi connectivity index (χ4v) is 21.4. The predicted molar refractivity (Wildman–Crippen MR) is 163 cm³/mol. The number of amides is 2. The van der Waals surface area contributed by atoms with Crippen LogP contribution in [0.2, 0.25) is 13.3 Å². The van der Waals surface area contributed by atoms with Gasteiger partial charge in [0.05, 0.1) is 0 Å². The van der Waals surface area contributed by atoms with Crippen molar-refractivity contribution in [3.8, 4) is 0 Å². The topological polar surface area (TPSA) is 72.2 Å². The molecule has 0 spiro atoms. The van der Waals surface area contributed by atoms with Gasteiger partial charge in [-0.1, -0.05) is 25.7 Å². The Bertz CT molecular complexity index is 698. The van der Waals surface area contributed by atoms with Crippen molar-refractivity contribution in [2.75, 3.05) is 6.54 Å². The fourth-order valence-electron chi connectivity index (χ4n) is 5.47. The molecule has 0 unspecified atom stereocenters. The molecule has 0 bridgehead atoms. The van der Waals surface area contributed by atoms with Crippen LogP contribution in [0.3, 0.4) is 0 Å². The number of unbranched alkanes of at least 4 members (excludes halogenated alkanes) is 12. The minimum absolute atomic E-state index is 0.0827. The average molecular weight is 622 g/mol. The molecule has 212 valence electrons. The van der Waals surface area contributed by atoms with E-state index in [1.807, 2.05) is 0 Å². The van der Waals surface area contributed by atoms with Gasteiger partial charge in [-0.05, 0) is 6.42 Å². The maximum absolute atomic E-state index is 12.7. The Hall–Kier alpha value is -1.04. The van der Waals surface area contributed by atoms with Gasteiger partial charge in [0.2, 0.25) is 5.91 Å². The second kappa shape index (κ2) is 21.8. The third kappa shape index (κ3) is 15.2. The Kier molecular flexibility index (Phi) is 20.1. The number of primary amides is 1. The molecule has 0 radical (unpaired) electrons. The maximum atomic E-state index is 12.7. The molecule has 1 rings (SSSR count). The zero-order chi connectivity index (χ0) is 27.2. The van der Waals surface area contributed by atoms with E-state index in [9.17, 15) is 9.59 Å². The predicted octanol–water partition coefficient (Wildman–Crippen LogP) is 8.25. The van der Waals surface area contributed by atoms with Gasteiger partial charge in [0.15, 0.2) is 0 Å². The van der Waals surface area contributed by atoms with Crippen LogP contribution in [0.4, 0.5) is 0 Å². The van der Waals surface area contributed by atoms with Crippen molar-refractivity contribution in [1.29, 1.82) is 0 Å². The molecule has 5 heteroatoms. The van der Waals surface area contributed by atoms with Crippen molar-refractivity contribution >= 4 is 33.8 Å². The number of hydrogen-bond donors (Lipinski definition) is 2. The molecule has 4 nitrogen and oxygen atoms in total. The summed E-state index contributed by atoms with van der Waals surface area (Å²) in [6.07, 6.45) is 20.3. The van der Waals surface area contributed by atoms with Crippen LogP contribution < -0.4 is 14.6 Å². The number of benzene rings is 1. The molecule has 0 aromatic heterocycles. The first-order valence-corrected chi connectivity index (χ1v) is 23.1. The minimum atomic E-state index is -2.41. The van der Waals surface area contributed by atoms with Crippen molar-refractivity contribution in [3.63, 3.8) is 0 Å². The molecule has 0 aliphatic heterocycles. The molecule has 0 atom stereocenters. The van der Waals surface area contributed by atoms with Gasteiger partial charge < -0.3 is 5.73 Å². The van der Waals surface area contributed by atoms with Gasteiger partial charge in [0.1, 0.15) is 0 Å². The monoisotopic (exact) mass is 622 g/mol. The molecular formula is C32H58N2O2Sn. The molecule has 1 aromatic carbocycles. The first kappa shape index (κ1) is 34.0. The summed E-state index contributed by atoms with van der Waals surface area (Å²) in [5.74, 6) is -0.0970. The van der Waals surface area contributed by atoms with Crippen LogP contribution in [0.1, 0.15) is 140 Å². The zero-order valence-corrected chi connectivity index (χ0v) is 27.4. The summed E-state index contributed by atoms with van der Waals surface area (Å²) in [7, 11) is 0. The van der Waals surface area contributed by atoms with Gasteiger partial charge in [-0.25, -0.2) is 0 Å². The normalized spacial score (nSPS) is 11.5. The number of carbonyl (C=O) groups is 2. The first-order chi connectivity index (χ1) is 18.0. The number of nitrogens with two attached hydrogens (primary N) is 1. The van der Waals surface area contributed by atoms with E-state index >= 15 is 0 Å². The molecule has 37 heavy (non-hydrogen) atoms. The van der Waals surface area contributed by atoms with Gasteiger partial charge in [-0.3, -0.25) is 4.79 Å². The summed E-state index contributed by atoms with van der Waals surface area (Å²) >= 11 is -2.41.